The fraction of sp³-hybridized carbons (Fsp3) is 0. The largest absolute Gasteiger partial charge is 0.269 e. The summed E-state index contributed by atoms with van der Waals surface area (Å²) in [6, 6.07) is 7.04. The van der Waals surface area contributed by atoms with Gasteiger partial charge in [-0.05, 0) is 28.6 Å². The molecule has 1 aromatic heterocycles. The van der Waals surface area contributed by atoms with Crippen molar-refractivity contribution in [3.8, 4) is 0 Å². The van der Waals surface area contributed by atoms with Crippen molar-refractivity contribution in [1.82, 2.24) is 19.6 Å². The number of hydrogen-bond donors (Lipinski definition) is 0. The average molecular weight is 273 g/mol. The number of benzene rings is 1. The number of carbonyl (C=O) groups excluding carboxylic acids is 2. The van der Waals surface area contributed by atoms with Gasteiger partial charge >= 0.3 is 0 Å². The van der Waals surface area contributed by atoms with E-state index in [4.69, 9.17) is 0 Å². The van der Waals surface area contributed by atoms with E-state index in [0.29, 0.717) is 5.69 Å². The summed E-state index contributed by atoms with van der Waals surface area (Å²) in [5.41, 5.74) is 0.526. The van der Waals surface area contributed by atoms with E-state index in [1.54, 1.807) is 18.2 Å². The van der Waals surface area contributed by atoms with Crippen molar-refractivity contribution < 1.29 is 9.59 Å². The molecule has 2 aromatic rings. The number of carbonyl (C=O) groups is 2. The SMILES string of the molecule is O=C1C=CC(=O)N1c1cccc(Sn2cnnn2)c1. The maximum Gasteiger partial charge on any atom is 0.258 e. The quantitative estimate of drug-likeness (QED) is 0.764. The third-order valence-corrected chi connectivity index (χ3v) is 3.23. The van der Waals surface area contributed by atoms with Crippen LogP contribution in [0.4, 0.5) is 5.69 Å². The second-order valence-corrected chi connectivity index (χ2v) is 4.67. The van der Waals surface area contributed by atoms with Gasteiger partial charge in [0.1, 0.15) is 0 Å². The normalized spacial score (nSPS) is 14.4. The molecule has 0 bridgehead atoms. The number of imide groups is 1. The first-order chi connectivity index (χ1) is 9.24. The Morgan fingerprint density at radius 3 is 2.58 bits per heavy atom. The molecule has 0 N–H and O–H groups in total. The molecule has 3 rings (SSSR count). The number of tetrazole rings is 1. The van der Waals surface area contributed by atoms with Crippen molar-refractivity contribution in [2.75, 3.05) is 4.90 Å². The van der Waals surface area contributed by atoms with E-state index in [1.165, 1.54) is 34.5 Å². The van der Waals surface area contributed by atoms with Gasteiger partial charge in [0.15, 0.2) is 6.33 Å². The molecule has 7 nitrogen and oxygen atoms in total. The molecule has 0 atom stereocenters. The highest BCUT2D eigenvalue weighted by Crippen LogP contribution is 2.26. The van der Waals surface area contributed by atoms with Crippen molar-refractivity contribution in [1.29, 1.82) is 0 Å². The molecule has 1 aromatic carbocycles. The van der Waals surface area contributed by atoms with Crippen LogP contribution in [0.25, 0.3) is 0 Å². The Kier molecular flexibility index (Phi) is 2.84. The highest BCUT2D eigenvalue weighted by Gasteiger charge is 2.25. The first-order valence-corrected chi connectivity index (χ1v) is 6.09. The van der Waals surface area contributed by atoms with Crippen LogP contribution in [-0.4, -0.2) is 31.4 Å². The van der Waals surface area contributed by atoms with Crippen LogP contribution < -0.4 is 4.90 Å². The van der Waals surface area contributed by atoms with Crippen LogP contribution >= 0.6 is 11.9 Å². The van der Waals surface area contributed by atoms with Crippen molar-refractivity contribution in [2.24, 2.45) is 0 Å². The molecule has 0 unspecified atom stereocenters. The van der Waals surface area contributed by atoms with Gasteiger partial charge in [-0.15, -0.1) is 5.10 Å². The number of nitrogens with zero attached hydrogens (tertiary/aromatic N) is 5. The highest BCUT2D eigenvalue weighted by atomic mass is 32.2. The molecule has 2 heterocycles. The van der Waals surface area contributed by atoms with E-state index >= 15 is 0 Å². The molecule has 0 saturated heterocycles. The van der Waals surface area contributed by atoms with Gasteiger partial charge in [0, 0.05) is 29.0 Å². The number of anilines is 1. The van der Waals surface area contributed by atoms with Crippen LogP contribution in [0.1, 0.15) is 0 Å². The summed E-state index contributed by atoms with van der Waals surface area (Å²) in [6.45, 7) is 0. The smallest absolute Gasteiger partial charge is 0.258 e. The molecule has 8 heteroatoms. The number of aromatic nitrogens is 4. The van der Waals surface area contributed by atoms with E-state index in [0.717, 1.165) is 9.80 Å². The van der Waals surface area contributed by atoms with Crippen molar-refractivity contribution in [2.45, 2.75) is 4.90 Å². The summed E-state index contributed by atoms with van der Waals surface area (Å²) in [4.78, 5) is 25.1. The van der Waals surface area contributed by atoms with Crippen LogP contribution in [0.15, 0.2) is 47.6 Å². The van der Waals surface area contributed by atoms with Gasteiger partial charge in [-0.3, -0.25) is 9.59 Å². The zero-order valence-corrected chi connectivity index (χ0v) is 10.3. The lowest BCUT2D eigenvalue weighted by molar-refractivity contribution is -0.119. The summed E-state index contributed by atoms with van der Waals surface area (Å²) in [7, 11) is 0. The summed E-state index contributed by atoms with van der Waals surface area (Å²) < 4.78 is 1.48. The Bertz CT molecular complexity index is 649. The van der Waals surface area contributed by atoms with E-state index < -0.39 is 0 Å². The van der Waals surface area contributed by atoms with E-state index in [2.05, 4.69) is 15.5 Å². The Hall–Kier alpha value is -2.48. The second-order valence-electron chi connectivity index (χ2n) is 3.65. The zero-order valence-electron chi connectivity index (χ0n) is 9.50. The average Bonchev–Trinajstić information content (AvgIpc) is 3.00. The molecule has 0 saturated carbocycles. The zero-order chi connectivity index (χ0) is 13.2. The number of amides is 2. The van der Waals surface area contributed by atoms with Crippen LogP contribution in [-0.2, 0) is 9.59 Å². The standard InChI is InChI=1S/C11H7N5O2S/c17-10-4-5-11(18)16(10)8-2-1-3-9(6-8)19-15-7-12-13-14-15/h1-7H. The Morgan fingerprint density at radius 1 is 1.11 bits per heavy atom. The molecule has 0 fully saturated rings. The second kappa shape index (κ2) is 4.65. The molecular weight excluding hydrogens is 266 g/mol. The minimum Gasteiger partial charge on any atom is -0.269 e. The summed E-state index contributed by atoms with van der Waals surface area (Å²) in [5.74, 6) is -0.677. The molecule has 0 radical (unpaired) electrons. The van der Waals surface area contributed by atoms with Crippen LogP contribution in [0.3, 0.4) is 0 Å². The first-order valence-electron chi connectivity index (χ1n) is 5.31. The molecule has 1 aliphatic rings. The van der Waals surface area contributed by atoms with E-state index in [-0.39, 0.29) is 11.8 Å². The predicted octanol–water partition coefficient (Wildman–Crippen LogP) is 0.658. The lowest BCUT2D eigenvalue weighted by Gasteiger charge is -2.14. The molecule has 2 amide bonds. The van der Waals surface area contributed by atoms with Gasteiger partial charge in [0.25, 0.3) is 11.8 Å². The predicted molar refractivity (Wildman–Crippen MR) is 67.1 cm³/mol. The maximum absolute atomic E-state index is 11.6. The summed E-state index contributed by atoms with van der Waals surface area (Å²) in [6.07, 6.45) is 3.97. The molecular formula is C11H7N5O2S. The number of rotatable bonds is 3. The van der Waals surface area contributed by atoms with Crippen LogP contribution in [0, 0.1) is 0 Å². The van der Waals surface area contributed by atoms with Gasteiger partial charge in [0.2, 0.25) is 0 Å². The first kappa shape index (κ1) is 11.6. The van der Waals surface area contributed by atoms with Gasteiger partial charge < -0.3 is 0 Å². The van der Waals surface area contributed by atoms with Gasteiger partial charge in [-0.2, -0.15) is 4.09 Å². The lowest BCUT2D eigenvalue weighted by Crippen LogP contribution is -2.29. The Morgan fingerprint density at radius 2 is 1.89 bits per heavy atom. The number of hydrogen-bond acceptors (Lipinski definition) is 6. The van der Waals surface area contributed by atoms with Gasteiger partial charge in [-0.1, -0.05) is 6.07 Å². The lowest BCUT2D eigenvalue weighted by atomic mass is 10.3. The van der Waals surface area contributed by atoms with Crippen molar-refractivity contribution in [3.05, 3.63) is 42.7 Å². The molecule has 0 aliphatic carbocycles. The maximum atomic E-state index is 11.6. The Labute approximate surface area is 112 Å². The third kappa shape index (κ3) is 2.25. The van der Waals surface area contributed by atoms with E-state index in [9.17, 15) is 9.59 Å². The molecule has 19 heavy (non-hydrogen) atoms. The third-order valence-electron chi connectivity index (χ3n) is 2.41. The van der Waals surface area contributed by atoms with E-state index in [1.807, 2.05) is 6.07 Å². The van der Waals surface area contributed by atoms with Crippen LogP contribution in [0.5, 0.6) is 0 Å². The van der Waals surface area contributed by atoms with Gasteiger partial charge in [0.05, 0.1) is 5.69 Å². The summed E-state index contributed by atoms with van der Waals surface area (Å²) >= 11 is 1.28. The minimum atomic E-state index is -0.338. The van der Waals surface area contributed by atoms with Crippen LogP contribution in [0.2, 0.25) is 0 Å². The molecule has 1 aliphatic heterocycles. The molecule has 94 valence electrons. The van der Waals surface area contributed by atoms with Crippen molar-refractivity contribution in [3.63, 3.8) is 0 Å². The topological polar surface area (TPSA) is 81.0 Å². The van der Waals surface area contributed by atoms with Gasteiger partial charge in [-0.25, -0.2) is 4.90 Å². The Balaban J connectivity index is 1.88. The molecule has 0 spiro atoms. The fourth-order valence-corrected chi connectivity index (χ4v) is 2.32. The summed E-state index contributed by atoms with van der Waals surface area (Å²) in [5, 5.41) is 10.8. The monoisotopic (exact) mass is 273 g/mol. The minimum absolute atomic E-state index is 0.338. The highest BCUT2D eigenvalue weighted by molar-refractivity contribution is 7.97. The van der Waals surface area contributed by atoms with Crippen molar-refractivity contribution >= 4 is 29.4 Å². The fourth-order valence-electron chi connectivity index (χ4n) is 1.64.